The van der Waals surface area contributed by atoms with Crippen molar-refractivity contribution in [2.24, 2.45) is 0 Å². The first kappa shape index (κ1) is 20.1. The van der Waals surface area contributed by atoms with E-state index in [9.17, 15) is 8.42 Å². The summed E-state index contributed by atoms with van der Waals surface area (Å²) in [4.78, 5) is 4.78. The number of ether oxygens (including phenoxy) is 1. The third-order valence-corrected chi connectivity index (χ3v) is 7.14. The van der Waals surface area contributed by atoms with E-state index in [-0.39, 0.29) is 4.90 Å². The van der Waals surface area contributed by atoms with Crippen LogP contribution in [0.5, 0.6) is 5.75 Å². The highest BCUT2D eigenvalue weighted by molar-refractivity contribution is 7.90. The molecule has 3 aromatic heterocycles. The third-order valence-electron chi connectivity index (χ3n) is 5.48. The second kappa shape index (κ2) is 7.69. The van der Waals surface area contributed by atoms with Crippen molar-refractivity contribution in [3.8, 4) is 22.6 Å². The number of pyridine rings is 1. The summed E-state index contributed by atoms with van der Waals surface area (Å²) in [6, 6.07) is 20.2. The second-order valence-corrected chi connectivity index (χ2v) is 9.33. The summed E-state index contributed by atoms with van der Waals surface area (Å²) in [6.45, 7) is 1.92. The van der Waals surface area contributed by atoms with E-state index in [2.05, 4.69) is 4.98 Å². The van der Waals surface area contributed by atoms with Crippen LogP contribution in [0, 0.1) is 6.92 Å². The van der Waals surface area contributed by atoms with Crippen LogP contribution in [0.2, 0.25) is 0 Å². The minimum Gasteiger partial charge on any atom is -0.496 e. The van der Waals surface area contributed by atoms with Crippen molar-refractivity contribution in [1.29, 1.82) is 0 Å². The van der Waals surface area contributed by atoms with Crippen LogP contribution >= 0.6 is 0 Å². The lowest BCUT2D eigenvalue weighted by molar-refractivity contribution is 0.416. The highest BCUT2D eigenvalue weighted by Crippen LogP contribution is 2.37. The molecule has 0 fully saturated rings. The number of benzene rings is 2. The first-order valence-corrected chi connectivity index (χ1v) is 11.5. The van der Waals surface area contributed by atoms with Crippen LogP contribution in [0.25, 0.3) is 27.8 Å². The summed E-state index contributed by atoms with van der Waals surface area (Å²) in [5, 5.41) is 0.719. The van der Waals surface area contributed by atoms with Crippen LogP contribution in [0.4, 0.5) is 0 Å². The van der Waals surface area contributed by atoms with E-state index >= 15 is 0 Å². The maximum absolute atomic E-state index is 13.6. The van der Waals surface area contributed by atoms with Crippen molar-refractivity contribution in [1.82, 2.24) is 13.5 Å². The maximum Gasteiger partial charge on any atom is 0.269 e. The van der Waals surface area contributed by atoms with Gasteiger partial charge in [-0.1, -0.05) is 35.9 Å². The molecule has 3 heterocycles. The lowest BCUT2D eigenvalue weighted by Crippen LogP contribution is -2.12. The Labute approximate surface area is 186 Å². The molecule has 0 saturated carbocycles. The molecule has 0 atom stereocenters. The van der Waals surface area contributed by atoms with E-state index in [4.69, 9.17) is 4.74 Å². The van der Waals surface area contributed by atoms with Crippen molar-refractivity contribution < 1.29 is 13.2 Å². The van der Waals surface area contributed by atoms with E-state index in [1.54, 1.807) is 43.8 Å². The Balaban J connectivity index is 1.80. The van der Waals surface area contributed by atoms with Gasteiger partial charge in [-0.3, -0.25) is 0 Å². The molecule has 0 aliphatic carbocycles. The van der Waals surface area contributed by atoms with Gasteiger partial charge in [-0.25, -0.2) is 17.4 Å². The molecule has 160 valence electrons. The van der Waals surface area contributed by atoms with Crippen LogP contribution in [0.1, 0.15) is 5.56 Å². The van der Waals surface area contributed by atoms with Gasteiger partial charge >= 0.3 is 0 Å². The van der Waals surface area contributed by atoms with Gasteiger partial charge in [0, 0.05) is 35.1 Å². The fourth-order valence-corrected chi connectivity index (χ4v) is 5.13. The molecule has 0 unspecified atom stereocenters. The molecular formula is C25H21N3O3S. The number of aryl methyl sites for hydroxylation is 1. The molecule has 5 rings (SSSR count). The number of para-hydroxylation sites is 1. The number of hydrogen-bond acceptors (Lipinski definition) is 4. The molecule has 0 bridgehead atoms. The molecule has 6 nitrogen and oxygen atoms in total. The molecule has 7 heteroatoms. The highest BCUT2D eigenvalue weighted by Gasteiger charge is 2.24. The van der Waals surface area contributed by atoms with Gasteiger partial charge < -0.3 is 9.30 Å². The Morgan fingerprint density at radius 2 is 1.62 bits per heavy atom. The van der Waals surface area contributed by atoms with Crippen LogP contribution in [0.3, 0.4) is 0 Å². The minimum atomic E-state index is -3.85. The number of rotatable bonds is 5. The molecule has 0 spiro atoms. The van der Waals surface area contributed by atoms with E-state index in [0.29, 0.717) is 11.4 Å². The topological polar surface area (TPSA) is 66.1 Å². The average molecular weight is 444 g/mol. The third kappa shape index (κ3) is 3.27. The van der Waals surface area contributed by atoms with Crippen molar-refractivity contribution in [3.05, 3.63) is 97.1 Å². The monoisotopic (exact) mass is 443 g/mol. The Morgan fingerprint density at radius 3 is 2.34 bits per heavy atom. The molecule has 0 aliphatic heterocycles. The Kier molecular flexibility index (Phi) is 4.83. The van der Waals surface area contributed by atoms with Crippen molar-refractivity contribution in [2.45, 2.75) is 11.8 Å². The van der Waals surface area contributed by atoms with Gasteiger partial charge in [0.1, 0.15) is 5.75 Å². The predicted molar refractivity (Wildman–Crippen MR) is 125 cm³/mol. The summed E-state index contributed by atoms with van der Waals surface area (Å²) in [7, 11) is -2.25. The summed E-state index contributed by atoms with van der Waals surface area (Å²) in [5.41, 5.74) is 3.72. The van der Waals surface area contributed by atoms with Crippen molar-refractivity contribution in [3.63, 3.8) is 0 Å². The first-order valence-electron chi connectivity index (χ1n) is 10.1. The number of nitrogens with zero attached hydrogens (tertiary/aromatic N) is 3. The summed E-state index contributed by atoms with van der Waals surface area (Å²) in [6.07, 6.45) is 7.15. The smallest absolute Gasteiger partial charge is 0.269 e. The van der Waals surface area contributed by atoms with E-state index in [1.807, 2.05) is 66.3 Å². The van der Waals surface area contributed by atoms with Gasteiger partial charge in [0.2, 0.25) is 0 Å². The van der Waals surface area contributed by atoms with Gasteiger partial charge in [0.05, 0.1) is 23.9 Å². The average Bonchev–Trinajstić information content (AvgIpc) is 3.47. The summed E-state index contributed by atoms with van der Waals surface area (Å²) >= 11 is 0. The van der Waals surface area contributed by atoms with E-state index < -0.39 is 10.0 Å². The molecule has 5 aromatic rings. The van der Waals surface area contributed by atoms with Crippen LogP contribution in [0.15, 0.2) is 96.4 Å². The van der Waals surface area contributed by atoms with Crippen molar-refractivity contribution >= 4 is 21.1 Å². The fourth-order valence-electron chi connectivity index (χ4n) is 3.80. The number of hydrogen-bond donors (Lipinski definition) is 0. The quantitative estimate of drug-likeness (QED) is 0.381. The van der Waals surface area contributed by atoms with Crippen LogP contribution < -0.4 is 4.74 Å². The molecule has 32 heavy (non-hydrogen) atoms. The number of methoxy groups -OCH3 is 1. The zero-order valence-corrected chi connectivity index (χ0v) is 18.5. The van der Waals surface area contributed by atoms with Gasteiger partial charge in [0.15, 0.2) is 5.65 Å². The highest BCUT2D eigenvalue weighted by atomic mass is 32.2. The molecule has 0 amide bonds. The Bertz CT molecular complexity index is 1520. The summed E-state index contributed by atoms with van der Waals surface area (Å²) < 4.78 is 35.9. The zero-order chi connectivity index (χ0) is 22.3. The van der Waals surface area contributed by atoms with Gasteiger partial charge in [-0.2, -0.15) is 0 Å². The predicted octanol–water partition coefficient (Wildman–Crippen LogP) is 5.05. The van der Waals surface area contributed by atoms with E-state index in [1.165, 1.54) is 3.97 Å². The van der Waals surface area contributed by atoms with Gasteiger partial charge in [0.25, 0.3) is 10.0 Å². The molecule has 2 aromatic carbocycles. The Morgan fingerprint density at radius 1 is 0.906 bits per heavy atom. The first-order chi connectivity index (χ1) is 15.5. The second-order valence-electron chi connectivity index (χ2n) is 7.51. The van der Waals surface area contributed by atoms with Crippen molar-refractivity contribution in [2.75, 3.05) is 7.11 Å². The van der Waals surface area contributed by atoms with E-state index in [0.717, 1.165) is 27.8 Å². The Hall–Kier alpha value is -3.84. The molecular weight excluding hydrogens is 422 g/mol. The molecule has 0 aliphatic rings. The number of fused-ring (bicyclic) bond motifs is 1. The standard InChI is InChI=1S/C25H21N3O3S/c1-18-9-11-20(12-10-18)32(29,30)28-17-23(21-7-3-4-8-24(21)31-2)22-15-19(16-26-25(22)28)27-13-5-6-14-27/h3-17H,1-2H3. The lowest BCUT2D eigenvalue weighted by Gasteiger charge is -2.08. The lowest BCUT2D eigenvalue weighted by atomic mass is 10.0. The fraction of sp³-hybridized carbons (Fsp3) is 0.0800. The summed E-state index contributed by atoms with van der Waals surface area (Å²) in [5.74, 6) is 0.658. The largest absolute Gasteiger partial charge is 0.496 e. The molecule has 0 saturated heterocycles. The van der Waals surface area contributed by atoms with Crippen LogP contribution in [-0.2, 0) is 10.0 Å². The number of aromatic nitrogens is 3. The maximum atomic E-state index is 13.6. The normalized spacial score (nSPS) is 11.7. The minimum absolute atomic E-state index is 0.211. The van der Waals surface area contributed by atoms with Gasteiger partial charge in [-0.15, -0.1) is 0 Å². The van der Waals surface area contributed by atoms with Gasteiger partial charge in [-0.05, 0) is 43.3 Å². The van der Waals surface area contributed by atoms with Crippen LogP contribution in [-0.4, -0.2) is 29.1 Å². The SMILES string of the molecule is COc1ccccc1-c1cn(S(=O)(=O)c2ccc(C)cc2)c2ncc(-n3cccc3)cc12. The molecule has 0 N–H and O–H groups in total. The zero-order valence-electron chi connectivity index (χ0n) is 17.6. The molecule has 0 radical (unpaired) electrons.